The van der Waals surface area contributed by atoms with Crippen molar-refractivity contribution in [3.05, 3.63) is 61.5 Å². The van der Waals surface area contributed by atoms with E-state index < -0.39 is 16.1 Å². The molecule has 1 aromatic carbocycles. The lowest BCUT2D eigenvalue weighted by Gasteiger charge is -2.13. The predicted molar refractivity (Wildman–Crippen MR) is 121 cm³/mol. The van der Waals surface area contributed by atoms with Gasteiger partial charge in [0.2, 0.25) is 5.82 Å². The summed E-state index contributed by atoms with van der Waals surface area (Å²) in [6.45, 7) is 0. The molecule has 0 aliphatic rings. The molecule has 0 fully saturated rings. The highest BCUT2D eigenvalue weighted by molar-refractivity contribution is 7.99. The van der Waals surface area contributed by atoms with Crippen LogP contribution in [0, 0.1) is 0 Å². The zero-order chi connectivity index (χ0) is 22.4. The number of aromatic nitrogens is 3. The van der Waals surface area contributed by atoms with Crippen molar-refractivity contribution < 1.29 is 13.2 Å². The molecule has 0 bridgehead atoms. The maximum absolute atomic E-state index is 12.7. The molecule has 1 atom stereocenters. The van der Waals surface area contributed by atoms with E-state index in [-0.39, 0.29) is 26.6 Å². The van der Waals surface area contributed by atoms with Gasteiger partial charge in [0, 0.05) is 22.2 Å². The van der Waals surface area contributed by atoms with Crippen LogP contribution in [-0.2, 0) is 10.0 Å². The summed E-state index contributed by atoms with van der Waals surface area (Å²) in [6.07, 6.45) is 3.00. The van der Waals surface area contributed by atoms with E-state index in [1.807, 2.05) is 0 Å². The third kappa shape index (κ3) is 5.70. The van der Waals surface area contributed by atoms with Crippen molar-refractivity contribution in [2.75, 3.05) is 17.6 Å². The van der Waals surface area contributed by atoms with Crippen molar-refractivity contribution in [1.29, 1.82) is 0 Å². The molecule has 1 unspecified atom stereocenters. The summed E-state index contributed by atoms with van der Waals surface area (Å²) in [6, 6.07) is 3.78. The van der Waals surface area contributed by atoms with Crippen LogP contribution in [0.5, 0.6) is 5.88 Å². The van der Waals surface area contributed by atoms with Gasteiger partial charge in [-0.2, -0.15) is 0 Å². The second kappa shape index (κ2) is 10.4. The summed E-state index contributed by atoms with van der Waals surface area (Å²) in [5.41, 5.74) is 8.79. The summed E-state index contributed by atoms with van der Waals surface area (Å²) in [7, 11) is -2.76. The van der Waals surface area contributed by atoms with E-state index in [0.717, 1.165) is 0 Å². The van der Waals surface area contributed by atoms with E-state index in [4.69, 9.17) is 33.5 Å². The lowest BCUT2D eigenvalue weighted by Crippen LogP contribution is -2.16. The number of thioether (sulfide) groups is 1. The largest absolute Gasteiger partial charge is 0.478 e. The first-order valence-corrected chi connectivity index (χ1v) is 12.4. The van der Waals surface area contributed by atoms with Gasteiger partial charge in [-0.05, 0) is 17.7 Å². The van der Waals surface area contributed by atoms with Gasteiger partial charge in [0.25, 0.3) is 15.9 Å². The van der Waals surface area contributed by atoms with E-state index in [1.54, 1.807) is 11.6 Å². The van der Waals surface area contributed by atoms with Gasteiger partial charge in [-0.25, -0.2) is 23.4 Å². The van der Waals surface area contributed by atoms with Gasteiger partial charge in [0.1, 0.15) is 14.9 Å². The van der Waals surface area contributed by atoms with Crippen molar-refractivity contribution in [3.63, 3.8) is 0 Å². The summed E-state index contributed by atoms with van der Waals surface area (Å²) in [5.74, 6) is 0.203. The van der Waals surface area contributed by atoms with Crippen molar-refractivity contribution in [3.8, 4) is 5.88 Å². The molecule has 31 heavy (non-hydrogen) atoms. The van der Waals surface area contributed by atoms with Crippen molar-refractivity contribution in [2.45, 2.75) is 16.0 Å². The molecule has 0 amide bonds. The van der Waals surface area contributed by atoms with Crippen molar-refractivity contribution in [2.24, 2.45) is 5.11 Å². The standard InChI is InChI=1S/C16H13Cl2N7O3S3/c1-28-15-14(24-31(26,27)11-4-2-3-9(17)13(11)18)21-7-12(22-15)30-8-10(23-25-19)16-20-5-6-29-16/h2-7,10H,8H2,1H3,(H,21,24). The van der Waals surface area contributed by atoms with Crippen LogP contribution >= 0.6 is 46.3 Å². The molecule has 3 aromatic rings. The number of hydrogen-bond donors (Lipinski definition) is 1. The van der Waals surface area contributed by atoms with Crippen molar-refractivity contribution >= 4 is 62.1 Å². The molecule has 0 saturated carbocycles. The third-order valence-corrected chi connectivity index (χ3v) is 7.83. The lowest BCUT2D eigenvalue weighted by atomic mass is 10.4. The number of hydrogen-bond acceptors (Lipinski definition) is 9. The molecule has 0 radical (unpaired) electrons. The van der Waals surface area contributed by atoms with E-state index in [9.17, 15) is 8.42 Å². The monoisotopic (exact) mass is 517 g/mol. The molecular weight excluding hydrogens is 505 g/mol. The normalized spacial score (nSPS) is 12.1. The zero-order valence-electron chi connectivity index (χ0n) is 15.6. The first kappa shape index (κ1) is 23.4. The number of thiazole rings is 1. The number of nitrogens with zero attached hydrogens (tertiary/aromatic N) is 6. The van der Waals surface area contributed by atoms with E-state index >= 15 is 0 Å². The van der Waals surface area contributed by atoms with Crippen LogP contribution in [0.2, 0.25) is 10.0 Å². The number of ether oxygens (including phenoxy) is 1. The molecule has 1 N–H and O–H groups in total. The number of sulfonamides is 1. The Morgan fingerprint density at radius 1 is 1.39 bits per heavy atom. The highest BCUT2D eigenvalue weighted by Gasteiger charge is 2.23. The van der Waals surface area contributed by atoms with Crippen LogP contribution in [0.1, 0.15) is 11.0 Å². The minimum Gasteiger partial charge on any atom is -0.478 e. The number of nitrogens with one attached hydrogen (secondary N) is 1. The van der Waals surface area contributed by atoms with Crippen LogP contribution < -0.4 is 9.46 Å². The molecule has 2 aromatic heterocycles. The Labute approximate surface area is 195 Å². The number of benzene rings is 1. The van der Waals surface area contributed by atoms with Gasteiger partial charge in [-0.15, -0.1) is 23.1 Å². The quantitative estimate of drug-likeness (QED) is 0.178. The first-order chi connectivity index (χ1) is 14.9. The second-order valence-corrected chi connectivity index (χ2v) is 10.0. The van der Waals surface area contributed by atoms with Gasteiger partial charge in [0.05, 0.1) is 29.4 Å². The SMILES string of the molecule is COc1nc(SCC(N=[N+]=[N-])c2nccs2)cnc1NS(=O)(=O)c1cccc(Cl)c1Cl. The third-order valence-electron chi connectivity index (χ3n) is 3.67. The smallest absolute Gasteiger partial charge is 0.264 e. The topological polar surface area (TPSA) is 143 Å². The molecule has 0 saturated heterocycles. The summed E-state index contributed by atoms with van der Waals surface area (Å²) >= 11 is 14.6. The summed E-state index contributed by atoms with van der Waals surface area (Å²) in [5, 5.41) is 6.65. The zero-order valence-corrected chi connectivity index (χ0v) is 19.6. The Hall–Kier alpha value is -2.28. The van der Waals surface area contributed by atoms with Crippen LogP contribution in [0.25, 0.3) is 10.4 Å². The minimum absolute atomic E-state index is 0.0405. The van der Waals surface area contributed by atoms with Gasteiger partial charge < -0.3 is 4.74 Å². The average molecular weight is 518 g/mol. The van der Waals surface area contributed by atoms with E-state index in [1.165, 1.54) is 54.6 Å². The Bertz CT molecular complexity index is 1220. The van der Waals surface area contributed by atoms with Gasteiger partial charge in [-0.3, -0.25) is 4.72 Å². The van der Waals surface area contributed by atoms with E-state index in [2.05, 4.69) is 29.7 Å². The Kier molecular flexibility index (Phi) is 7.81. The molecule has 162 valence electrons. The fourth-order valence-corrected chi connectivity index (χ4v) is 5.67. The van der Waals surface area contributed by atoms with Crippen LogP contribution in [0.3, 0.4) is 0 Å². The second-order valence-electron chi connectivity index (χ2n) is 5.63. The van der Waals surface area contributed by atoms with Gasteiger partial charge in [-0.1, -0.05) is 34.4 Å². The van der Waals surface area contributed by atoms with Crippen LogP contribution in [0.4, 0.5) is 5.82 Å². The fraction of sp³-hybridized carbons (Fsp3) is 0.188. The highest BCUT2D eigenvalue weighted by Crippen LogP contribution is 2.33. The molecule has 0 aliphatic carbocycles. The Balaban J connectivity index is 1.80. The lowest BCUT2D eigenvalue weighted by molar-refractivity contribution is 0.394. The van der Waals surface area contributed by atoms with Gasteiger partial charge >= 0.3 is 0 Å². The molecule has 2 heterocycles. The number of halogens is 2. The summed E-state index contributed by atoms with van der Waals surface area (Å²) < 4.78 is 32.9. The highest BCUT2D eigenvalue weighted by atomic mass is 35.5. The fourth-order valence-electron chi connectivity index (χ4n) is 2.29. The average Bonchev–Trinajstić information content (AvgIpc) is 3.28. The molecule has 0 spiro atoms. The number of methoxy groups -OCH3 is 1. The minimum atomic E-state index is -4.09. The maximum atomic E-state index is 12.7. The summed E-state index contributed by atoms with van der Waals surface area (Å²) in [4.78, 5) is 15.2. The van der Waals surface area contributed by atoms with Crippen LogP contribution in [0.15, 0.2) is 51.0 Å². The van der Waals surface area contributed by atoms with Crippen molar-refractivity contribution in [1.82, 2.24) is 15.0 Å². The Morgan fingerprint density at radius 2 is 2.19 bits per heavy atom. The number of anilines is 1. The van der Waals surface area contributed by atoms with E-state index in [0.29, 0.717) is 15.8 Å². The Morgan fingerprint density at radius 3 is 2.87 bits per heavy atom. The molecule has 15 heteroatoms. The predicted octanol–water partition coefficient (Wildman–Crippen LogP) is 5.19. The first-order valence-electron chi connectivity index (χ1n) is 8.30. The molecular formula is C16H13Cl2N7O3S3. The molecule has 0 aliphatic heterocycles. The molecule has 10 nitrogen and oxygen atoms in total. The number of azide groups is 1. The number of rotatable bonds is 9. The molecule has 3 rings (SSSR count). The van der Waals surface area contributed by atoms with Crippen LogP contribution in [-0.4, -0.2) is 36.2 Å². The maximum Gasteiger partial charge on any atom is 0.264 e. The van der Waals surface area contributed by atoms with Gasteiger partial charge in [0.15, 0.2) is 0 Å².